The quantitative estimate of drug-likeness (QED) is 0.682. The summed E-state index contributed by atoms with van der Waals surface area (Å²) in [5.74, 6) is -0.842. The van der Waals surface area contributed by atoms with Crippen molar-refractivity contribution in [3.05, 3.63) is 24.3 Å². The van der Waals surface area contributed by atoms with Crippen molar-refractivity contribution in [2.24, 2.45) is 5.92 Å². The van der Waals surface area contributed by atoms with E-state index in [1.807, 2.05) is 24.3 Å². The Kier molecular flexibility index (Phi) is 6.95. The topological polar surface area (TPSA) is 99.2 Å². The number of nitrogens with one attached hydrogen (secondary N) is 1. The summed E-state index contributed by atoms with van der Waals surface area (Å²) in [5.41, 5.74) is 0.707. The number of rotatable bonds is 7. The van der Waals surface area contributed by atoms with Gasteiger partial charge in [0.2, 0.25) is 5.91 Å². The van der Waals surface area contributed by atoms with Crippen LogP contribution >= 0.6 is 0 Å². The fraction of sp³-hybridized carbons (Fsp3) is 0.571. The van der Waals surface area contributed by atoms with Crippen LogP contribution in [0.4, 0.5) is 10.5 Å². The van der Waals surface area contributed by atoms with Crippen LogP contribution in [0.1, 0.15) is 39.0 Å². The van der Waals surface area contributed by atoms with E-state index in [1.165, 1.54) is 0 Å². The number of carboxylic acids is 1. The molecule has 0 radical (unpaired) electrons. The van der Waals surface area contributed by atoms with Crippen LogP contribution in [-0.4, -0.2) is 65.1 Å². The van der Waals surface area contributed by atoms with Gasteiger partial charge in [-0.15, -0.1) is 0 Å². The van der Waals surface area contributed by atoms with Crippen molar-refractivity contribution < 1.29 is 24.2 Å². The summed E-state index contributed by atoms with van der Waals surface area (Å²) in [7, 11) is 0. The highest BCUT2D eigenvalue weighted by atomic mass is 16.5. The van der Waals surface area contributed by atoms with E-state index in [0.29, 0.717) is 38.2 Å². The van der Waals surface area contributed by atoms with Crippen molar-refractivity contribution in [3.8, 4) is 5.75 Å². The molecular formula is C21H29N3O5. The Balaban J connectivity index is 1.45. The average molecular weight is 403 g/mol. The Morgan fingerprint density at radius 2 is 1.90 bits per heavy atom. The summed E-state index contributed by atoms with van der Waals surface area (Å²) < 4.78 is 5.62. The predicted molar refractivity (Wildman–Crippen MR) is 108 cm³/mol. The summed E-state index contributed by atoms with van der Waals surface area (Å²) in [6.45, 7) is 4.15. The Bertz CT molecular complexity index is 728. The number of carboxylic acid groups (broad SMARTS) is 1. The van der Waals surface area contributed by atoms with Gasteiger partial charge >= 0.3 is 12.0 Å². The van der Waals surface area contributed by atoms with E-state index in [0.717, 1.165) is 18.6 Å². The number of urea groups is 1. The van der Waals surface area contributed by atoms with Gasteiger partial charge < -0.3 is 25.0 Å². The summed E-state index contributed by atoms with van der Waals surface area (Å²) in [6.07, 6.45) is 3.49. The van der Waals surface area contributed by atoms with Crippen LogP contribution in [0.2, 0.25) is 0 Å². The second kappa shape index (κ2) is 9.62. The van der Waals surface area contributed by atoms with Crippen molar-refractivity contribution in [2.75, 3.05) is 31.6 Å². The third-order valence-electron chi connectivity index (χ3n) is 5.57. The molecule has 1 unspecified atom stereocenters. The Labute approximate surface area is 170 Å². The molecule has 1 aromatic rings. The van der Waals surface area contributed by atoms with Gasteiger partial charge in [-0.25, -0.2) is 4.79 Å². The van der Waals surface area contributed by atoms with Gasteiger partial charge in [0, 0.05) is 37.8 Å². The zero-order chi connectivity index (χ0) is 20.8. The minimum Gasteiger partial charge on any atom is -0.494 e. The predicted octanol–water partition coefficient (Wildman–Crippen LogP) is 2.79. The molecule has 2 heterocycles. The first-order valence-electron chi connectivity index (χ1n) is 10.3. The van der Waals surface area contributed by atoms with Gasteiger partial charge in [0.05, 0.1) is 12.5 Å². The van der Waals surface area contributed by atoms with Crippen LogP contribution < -0.4 is 10.1 Å². The molecular weight excluding hydrogens is 374 g/mol. The fourth-order valence-electron chi connectivity index (χ4n) is 3.80. The molecule has 0 bridgehead atoms. The molecule has 8 nitrogen and oxygen atoms in total. The first kappa shape index (κ1) is 21.0. The van der Waals surface area contributed by atoms with Crippen LogP contribution in [0.15, 0.2) is 24.3 Å². The van der Waals surface area contributed by atoms with Crippen LogP contribution in [0.3, 0.4) is 0 Å². The number of hydrogen-bond donors (Lipinski definition) is 2. The van der Waals surface area contributed by atoms with E-state index in [-0.39, 0.29) is 30.9 Å². The molecule has 2 N–H and O–H groups in total. The summed E-state index contributed by atoms with van der Waals surface area (Å²) in [4.78, 5) is 39.2. The highest BCUT2D eigenvalue weighted by Crippen LogP contribution is 2.26. The standard InChI is InChI=1S/C21H29N3O5/c1-2-3-12-29-18-6-4-16(5-7-18)22-21(28)23-10-8-17(9-11-23)24-14-15(20(26)27)13-19(24)25/h4-7,15,17H,2-3,8-14H2,1H3,(H,22,28)(H,26,27). The molecule has 2 fully saturated rings. The summed E-state index contributed by atoms with van der Waals surface area (Å²) in [6, 6.07) is 7.17. The van der Waals surface area contributed by atoms with Crippen molar-refractivity contribution in [2.45, 2.75) is 45.1 Å². The number of amides is 3. The van der Waals surface area contributed by atoms with E-state index in [9.17, 15) is 14.4 Å². The number of likely N-dealkylation sites (tertiary alicyclic amines) is 2. The molecule has 2 aliphatic heterocycles. The van der Waals surface area contributed by atoms with Crippen LogP contribution in [0.25, 0.3) is 0 Å². The zero-order valence-corrected chi connectivity index (χ0v) is 16.8. The van der Waals surface area contributed by atoms with Crippen molar-refractivity contribution in [1.29, 1.82) is 0 Å². The lowest BCUT2D eigenvalue weighted by Crippen LogP contribution is -2.48. The van der Waals surface area contributed by atoms with Crippen LogP contribution in [0.5, 0.6) is 5.75 Å². The van der Waals surface area contributed by atoms with E-state index in [4.69, 9.17) is 9.84 Å². The lowest BCUT2D eigenvalue weighted by molar-refractivity contribution is -0.141. The number of hydrogen-bond acceptors (Lipinski definition) is 4. The van der Waals surface area contributed by atoms with Gasteiger partial charge in [-0.05, 0) is 43.5 Å². The van der Waals surface area contributed by atoms with Crippen LogP contribution in [-0.2, 0) is 9.59 Å². The first-order valence-corrected chi connectivity index (χ1v) is 10.3. The molecule has 0 aromatic heterocycles. The number of aliphatic carboxylic acids is 1. The number of carbonyl (C=O) groups excluding carboxylic acids is 2. The average Bonchev–Trinajstić information content (AvgIpc) is 3.11. The van der Waals surface area contributed by atoms with E-state index in [2.05, 4.69) is 12.2 Å². The van der Waals surface area contributed by atoms with Gasteiger partial charge in [-0.2, -0.15) is 0 Å². The zero-order valence-electron chi connectivity index (χ0n) is 16.8. The van der Waals surface area contributed by atoms with Crippen molar-refractivity contribution >= 4 is 23.6 Å². The molecule has 3 rings (SSSR count). The highest BCUT2D eigenvalue weighted by molar-refractivity contribution is 5.89. The van der Waals surface area contributed by atoms with Gasteiger partial charge in [0.25, 0.3) is 0 Å². The lowest BCUT2D eigenvalue weighted by Gasteiger charge is -2.36. The number of carbonyl (C=O) groups is 3. The molecule has 2 aliphatic rings. The maximum absolute atomic E-state index is 12.5. The number of unbranched alkanes of at least 4 members (excludes halogenated alkanes) is 1. The fourth-order valence-corrected chi connectivity index (χ4v) is 3.80. The first-order chi connectivity index (χ1) is 14.0. The monoisotopic (exact) mass is 403 g/mol. The number of nitrogens with zero attached hydrogens (tertiary/aromatic N) is 2. The van der Waals surface area contributed by atoms with Gasteiger partial charge in [0.15, 0.2) is 0 Å². The molecule has 0 spiro atoms. The normalized spacial score (nSPS) is 20.0. The summed E-state index contributed by atoms with van der Waals surface area (Å²) >= 11 is 0. The van der Waals surface area contributed by atoms with E-state index < -0.39 is 11.9 Å². The number of anilines is 1. The summed E-state index contributed by atoms with van der Waals surface area (Å²) in [5, 5.41) is 12.0. The Morgan fingerprint density at radius 3 is 2.48 bits per heavy atom. The number of benzene rings is 1. The molecule has 0 saturated carbocycles. The van der Waals surface area contributed by atoms with E-state index in [1.54, 1.807) is 9.80 Å². The largest absolute Gasteiger partial charge is 0.494 e. The SMILES string of the molecule is CCCCOc1ccc(NC(=O)N2CCC(N3CC(C(=O)O)CC3=O)CC2)cc1. The molecule has 2 saturated heterocycles. The molecule has 29 heavy (non-hydrogen) atoms. The van der Waals surface area contributed by atoms with Crippen LogP contribution in [0, 0.1) is 5.92 Å². The van der Waals surface area contributed by atoms with Crippen molar-refractivity contribution in [1.82, 2.24) is 9.80 Å². The molecule has 3 amide bonds. The molecule has 1 aromatic carbocycles. The number of ether oxygens (including phenoxy) is 1. The second-order valence-corrected chi connectivity index (χ2v) is 7.66. The minimum absolute atomic E-state index is 0.00968. The molecule has 8 heteroatoms. The Morgan fingerprint density at radius 1 is 1.21 bits per heavy atom. The third-order valence-corrected chi connectivity index (χ3v) is 5.57. The minimum atomic E-state index is -0.917. The third kappa shape index (κ3) is 5.40. The molecule has 0 aliphatic carbocycles. The molecule has 1 atom stereocenters. The van der Waals surface area contributed by atoms with Gasteiger partial charge in [-0.1, -0.05) is 13.3 Å². The highest BCUT2D eigenvalue weighted by Gasteiger charge is 2.39. The second-order valence-electron chi connectivity index (χ2n) is 7.66. The van der Waals surface area contributed by atoms with E-state index >= 15 is 0 Å². The Hall–Kier alpha value is -2.77. The van der Waals surface area contributed by atoms with Gasteiger partial charge in [0.1, 0.15) is 5.75 Å². The van der Waals surface area contributed by atoms with Crippen molar-refractivity contribution in [3.63, 3.8) is 0 Å². The van der Waals surface area contributed by atoms with Gasteiger partial charge in [-0.3, -0.25) is 9.59 Å². The maximum Gasteiger partial charge on any atom is 0.321 e. The number of piperidine rings is 1. The maximum atomic E-state index is 12.5. The lowest BCUT2D eigenvalue weighted by atomic mass is 10.0. The smallest absolute Gasteiger partial charge is 0.321 e. The molecule has 158 valence electrons.